The van der Waals surface area contributed by atoms with E-state index in [-0.39, 0.29) is 16.0 Å². The van der Waals surface area contributed by atoms with Crippen LogP contribution in [0.1, 0.15) is 20.3 Å². The van der Waals surface area contributed by atoms with Crippen molar-refractivity contribution in [1.29, 1.82) is 0 Å². The highest BCUT2D eigenvalue weighted by atomic mass is 32.2. The monoisotopic (exact) mass is 313 g/mol. The number of nitro benzene ring substituents is 1. The van der Waals surface area contributed by atoms with Crippen LogP contribution >= 0.6 is 0 Å². The summed E-state index contributed by atoms with van der Waals surface area (Å²) in [7, 11) is -2.13. The molecular weight excluding hydrogens is 294 g/mol. The van der Waals surface area contributed by atoms with Crippen molar-refractivity contribution in [2.75, 3.05) is 25.5 Å². The highest BCUT2D eigenvalue weighted by Gasteiger charge is 2.37. The molecule has 8 heteroatoms. The standard InChI is InChI=1S/C13H19N3O4S/c1-13(2)6-7-15(9-13)21(19,20)10-4-5-11(14-3)12(8-10)16(17)18/h4-5,8,14H,6-7,9H2,1-3H3. The van der Waals surface area contributed by atoms with E-state index in [0.29, 0.717) is 18.8 Å². The van der Waals surface area contributed by atoms with Gasteiger partial charge in [-0.3, -0.25) is 10.1 Å². The van der Waals surface area contributed by atoms with Crippen LogP contribution in [-0.2, 0) is 10.0 Å². The smallest absolute Gasteiger partial charge is 0.293 e. The Morgan fingerprint density at radius 1 is 1.38 bits per heavy atom. The van der Waals surface area contributed by atoms with E-state index in [2.05, 4.69) is 5.32 Å². The van der Waals surface area contributed by atoms with Gasteiger partial charge in [0.2, 0.25) is 10.0 Å². The lowest BCUT2D eigenvalue weighted by Gasteiger charge is -2.19. The largest absolute Gasteiger partial charge is 0.383 e. The molecule has 2 rings (SSSR count). The molecule has 1 N–H and O–H groups in total. The first-order valence-corrected chi connectivity index (χ1v) is 8.08. The van der Waals surface area contributed by atoms with E-state index in [4.69, 9.17) is 0 Å². The van der Waals surface area contributed by atoms with E-state index in [0.717, 1.165) is 12.5 Å². The molecule has 1 aromatic carbocycles. The lowest BCUT2D eigenvalue weighted by molar-refractivity contribution is -0.384. The fourth-order valence-corrected chi connectivity index (χ4v) is 4.10. The molecule has 0 radical (unpaired) electrons. The number of hydrogen-bond donors (Lipinski definition) is 1. The summed E-state index contributed by atoms with van der Waals surface area (Å²) in [6.07, 6.45) is 0.781. The highest BCUT2D eigenvalue weighted by Crippen LogP contribution is 2.34. The molecule has 7 nitrogen and oxygen atoms in total. The predicted molar refractivity (Wildman–Crippen MR) is 79.8 cm³/mol. The topological polar surface area (TPSA) is 92.6 Å². The zero-order valence-electron chi connectivity index (χ0n) is 12.3. The number of rotatable bonds is 4. The Morgan fingerprint density at radius 2 is 2.05 bits per heavy atom. The number of nitrogens with zero attached hydrogens (tertiary/aromatic N) is 2. The lowest BCUT2D eigenvalue weighted by Crippen LogP contribution is -2.30. The maximum Gasteiger partial charge on any atom is 0.293 e. The number of sulfonamides is 1. The van der Waals surface area contributed by atoms with Gasteiger partial charge in [-0.15, -0.1) is 0 Å². The first-order chi connectivity index (χ1) is 9.67. The molecule has 0 amide bonds. The summed E-state index contributed by atoms with van der Waals surface area (Å²) in [6, 6.07) is 3.94. The molecular formula is C13H19N3O4S. The van der Waals surface area contributed by atoms with Crippen molar-refractivity contribution in [3.8, 4) is 0 Å². The summed E-state index contributed by atoms with van der Waals surface area (Å²) in [5.74, 6) is 0. The average molecular weight is 313 g/mol. The molecule has 0 spiro atoms. The van der Waals surface area contributed by atoms with Gasteiger partial charge in [-0.25, -0.2) is 8.42 Å². The molecule has 0 bridgehead atoms. The van der Waals surface area contributed by atoms with Gasteiger partial charge in [0.1, 0.15) is 5.69 Å². The van der Waals surface area contributed by atoms with Crippen molar-refractivity contribution >= 4 is 21.4 Å². The number of hydrogen-bond acceptors (Lipinski definition) is 5. The van der Waals surface area contributed by atoms with Crippen LogP contribution in [0.5, 0.6) is 0 Å². The van der Waals surface area contributed by atoms with Gasteiger partial charge >= 0.3 is 0 Å². The van der Waals surface area contributed by atoms with Gasteiger partial charge in [0, 0.05) is 26.2 Å². The van der Waals surface area contributed by atoms with E-state index >= 15 is 0 Å². The Morgan fingerprint density at radius 3 is 2.52 bits per heavy atom. The predicted octanol–water partition coefficient (Wildman–Crippen LogP) is 2.06. The molecule has 1 aliphatic heterocycles. The molecule has 21 heavy (non-hydrogen) atoms. The summed E-state index contributed by atoms with van der Waals surface area (Å²) < 4.78 is 26.6. The van der Waals surface area contributed by atoms with E-state index in [1.54, 1.807) is 7.05 Å². The molecule has 1 aromatic rings. The van der Waals surface area contributed by atoms with Crippen LogP contribution in [0.3, 0.4) is 0 Å². The minimum atomic E-state index is -3.69. The Balaban J connectivity index is 2.42. The molecule has 0 aliphatic carbocycles. The zero-order chi connectivity index (χ0) is 15.8. The molecule has 116 valence electrons. The highest BCUT2D eigenvalue weighted by molar-refractivity contribution is 7.89. The van der Waals surface area contributed by atoms with Crippen LogP contribution in [0, 0.1) is 15.5 Å². The van der Waals surface area contributed by atoms with E-state index in [1.165, 1.54) is 16.4 Å². The van der Waals surface area contributed by atoms with E-state index < -0.39 is 14.9 Å². The maximum absolute atomic E-state index is 12.6. The molecule has 1 heterocycles. The number of nitrogens with one attached hydrogen (secondary N) is 1. The molecule has 1 saturated heterocycles. The van der Waals surface area contributed by atoms with E-state index in [9.17, 15) is 18.5 Å². The van der Waals surface area contributed by atoms with Gasteiger partial charge in [-0.1, -0.05) is 13.8 Å². The summed E-state index contributed by atoms with van der Waals surface area (Å²) in [5, 5.41) is 13.7. The third-order valence-electron chi connectivity index (χ3n) is 3.72. The molecule has 0 aromatic heterocycles. The second-order valence-corrected chi connectivity index (χ2v) is 7.88. The van der Waals surface area contributed by atoms with E-state index in [1.807, 2.05) is 13.8 Å². The fraction of sp³-hybridized carbons (Fsp3) is 0.538. The maximum atomic E-state index is 12.6. The Bertz CT molecular complexity index is 670. The van der Waals surface area contributed by atoms with Crippen molar-refractivity contribution in [3.63, 3.8) is 0 Å². The number of benzene rings is 1. The average Bonchev–Trinajstić information content (AvgIpc) is 2.78. The van der Waals surface area contributed by atoms with Crippen LogP contribution in [-0.4, -0.2) is 37.8 Å². The fourth-order valence-electron chi connectivity index (χ4n) is 2.45. The zero-order valence-corrected chi connectivity index (χ0v) is 13.1. The molecule has 1 aliphatic rings. The molecule has 0 unspecified atom stereocenters. The summed E-state index contributed by atoms with van der Waals surface area (Å²) in [5.41, 5.74) is -0.0121. The second-order valence-electron chi connectivity index (χ2n) is 5.94. The molecule has 1 fully saturated rings. The van der Waals surface area contributed by atoms with Gasteiger partial charge in [-0.2, -0.15) is 4.31 Å². The van der Waals surface area contributed by atoms with Gasteiger partial charge in [0.25, 0.3) is 5.69 Å². The number of nitro groups is 1. The van der Waals surface area contributed by atoms with Crippen molar-refractivity contribution in [1.82, 2.24) is 4.31 Å². The first kappa shape index (κ1) is 15.7. The first-order valence-electron chi connectivity index (χ1n) is 6.64. The molecule has 0 atom stereocenters. The van der Waals surface area contributed by atoms with Crippen LogP contribution in [0.4, 0.5) is 11.4 Å². The third kappa shape index (κ3) is 3.01. The van der Waals surface area contributed by atoms with Gasteiger partial charge in [0.05, 0.1) is 9.82 Å². The Kier molecular flexibility index (Phi) is 3.94. The van der Waals surface area contributed by atoms with Gasteiger partial charge in [0.15, 0.2) is 0 Å². The summed E-state index contributed by atoms with van der Waals surface area (Å²) in [4.78, 5) is 10.4. The van der Waals surface area contributed by atoms with Gasteiger partial charge < -0.3 is 5.32 Å². The van der Waals surface area contributed by atoms with Crippen LogP contribution < -0.4 is 5.32 Å². The minimum absolute atomic E-state index is 0.0362. The van der Waals surface area contributed by atoms with Crippen molar-refractivity contribution < 1.29 is 13.3 Å². The SMILES string of the molecule is CNc1ccc(S(=O)(=O)N2CCC(C)(C)C2)cc1[N+](=O)[O-]. The van der Waals surface area contributed by atoms with Crippen molar-refractivity contribution in [3.05, 3.63) is 28.3 Å². The normalized spacial score (nSPS) is 18.6. The van der Waals surface area contributed by atoms with Crippen molar-refractivity contribution in [2.45, 2.75) is 25.2 Å². The van der Waals surface area contributed by atoms with Gasteiger partial charge in [-0.05, 0) is 24.0 Å². The minimum Gasteiger partial charge on any atom is -0.383 e. The Labute approximate surface area is 124 Å². The Hall–Kier alpha value is -1.67. The quantitative estimate of drug-likeness (QED) is 0.678. The van der Waals surface area contributed by atoms with Crippen LogP contribution in [0.25, 0.3) is 0 Å². The summed E-state index contributed by atoms with van der Waals surface area (Å²) in [6.45, 7) is 4.89. The molecule has 0 saturated carbocycles. The summed E-state index contributed by atoms with van der Waals surface area (Å²) >= 11 is 0. The van der Waals surface area contributed by atoms with Crippen LogP contribution in [0.15, 0.2) is 23.1 Å². The second kappa shape index (κ2) is 5.27. The van der Waals surface area contributed by atoms with Crippen LogP contribution in [0.2, 0.25) is 0 Å². The lowest BCUT2D eigenvalue weighted by atomic mass is 9.93. The van der Waals surface area contributed by atoms with Crippen molar-refractivity contribution in [2.24, 2.45) is 5.41 Å². The third-order valence-corrected chi connectivity index (χ3v) is 5.56. The number of anilines is 1.